The van der Waals surface area contributed by atoms with Crippen LogP contribution in [0.25, 0.3) is 6.08 Å². The van der Waals surface area contributed by atoms with Crippen molar-refractivity contribution in [2.75, 3.05) is 16.0 Å². The fourth-order valence-electron chi connectivity index (χ4n) is 2.37. The third kappa shape index (κ3) is 5.86. The van der Waals surface area contributed by atoms with Gasteiger partial charge in [0.15, 0.2) is 0 Å². The van der Waals surface area contributed by atoms with E-state index >= 15 is 0 Å². The number of urea groups is 1. The van der Waals surface area contributed by atoms with E-state index in [2.05, 4.69) is 16.0 Å². The van der Waals surface area contributed by atoms with E-state index in [1.807, 2.05) is 48.5 Å². The molecule has 3 aromatic rings. The molecule has 0 radical (unpaired) electrons. The number of nitrogens with one attached hydrogen (secondary N) is 3. The highest BCUT2D eigenvalue weighted by atomic mass is 16.2. The van der Waals surface area contributed by atoms with Crippen LogP contribution in [0.15, 0.2) is 91.0 Å². The molecule has 0 saturated carbocycles. The van der Waals surface area contributed by atoms with Crippen LogP contribution in [0.3, 0.4) is 0 Å². The molecule has 3 amide bonds. The van der Waals surface area contributed by atoms with Crippen molar-refractivity contribution in [3.05, 3.63) is 96.6 Å². The van der Waals surface area contributed by atoms with Gasteiger partial charge in [-0.25, -0.2) is 4.79 Å². The summed E-state index contributed by atoms with van der Waals surface area (Å²) in [5.74, 6) is -0.221. The molecular formula is C22H19N3O2. The van der Waals surface area contributed by atoms with Crippen LogP contribution in [0, 0.1) is 0 Å². The van der Waals surface area contributed by atoms with Gasteiger partial charge in [-0.3, -0.25) is 4.79 Å². The van der Waals surface area contributed by atoms with Crippen LogP contribution in [0.4, 0.5) is 21.9 Å². The Morgan fingerprint density at radius 1 is 0.593 bits per heavy atom. The first kappa shape index (κ1) is 17.9. The largest absolute Gasteiger partial charge is 0.323 e. The van der Waals surface area contributed by atoms with E-state index in [-0.39, 0.29) is 11.9 Å². The summed E-state index contributed by atoms with van der Waals surface area (Å²) < 4.78 is 0. The number of hydrogen-bond donors (Lipinski definition) is 3. The minimum Gasteiger partial charge on any atom is -0.323 e. The molecule has 5 nitrogen and oxygen atoms in total. The van der Waals surface area contributed by atoms with Crippen LogP contribution in [0.1, 0.15) is 5.56 Å². The van der Waals surface area contributed by atoms with Crippen molar-refractivity contribution in [2.45, 2.75) is 0 Å². The Morgan fingerprint density at radius 3 is 1.67 bits per heavy atom. The molecule has 0 aliphatic carbocycles. The molecule has 0 unspecified atom stereocenters. The van der Waals surface area contributed by atoms with Gasteiger partial charge in [-0.05, 0) is 48.0 Å². The number of para-hydroxylation sites is 1. The third-order valence-electron chi connectivity index (χ3n) is 3.67. The lowest BCUT2D eigenvalue weighted by atomic mass is 10.2. The van der Waals surface area contributed by atoms with Gasteiger partial charge in [-0.2, -0.15) is 0 Å². The summed E-state index contributed by atoms with van der Waals surface area (Å²) in [5.41, 5.74) is 2.94. The number of anilines is 3. The molecule has 134 valence electrons. The van der Waals surface area contributed by atoms with Gasteiger partial charge in [0.1, 0.15) is 0 Å². The molecule has 27 heavy (non-hydrogen) atoms. The highest BCUT2D eigenvalue weighted by Gasteiger charge is 2.03. The highest BCUT2D eigenvalue weighted by molar-refractivity contribution is 6.02. The molecule has 0 aromatic heterocycles. The van der Waals surface area contributed by atoms with Crippen LogP contribution in [0.5, 0.6) is 0 Å². The Balaban J connectivity index is 1.51. The summed E-state index contributed by atoms with van der Waals surface area (Å²) in [5, 5.41) is 8.26. The molecule has 5 heteroatoms. The maximum atomic E-state index is 12.0. The smallest absolute Gasteiger partial charge is 0.323 e. The number of hydrogen-bond acceptors (Lipinski definition) is 2. The van der Waals surface area contributed by atoms with Crippen LogP contribution in [0.2, 0.25) is 0 Å². The average Bonchev–Trinajstić information content (AvgIpc) is 2.69. The standard InChI is InChI=1S/C22H19N3O2/c26-21(16-11-17-7-3-1-4-8-17)23-19-12-14-20(15-13-19)25-22(27)24-18-9-5-2-6-10-18/h1-16H,(H,23,26)(H2,24,25,27)/b16-11+. The van der Waals surface area contributed by atoms with Gasteiger partial charge in [-0.15, -0.1) is 0 Å². The second-order valence-electron chi connectivity index (χ2n) is 5.76. The van der Waals surface area contributed by atoms with Gasteiger partial charge in [-0.1, -0.05) is 48.5 Å². The van der Waals surface area contributed by atoms with Crippen molar-refractivity contribution in [1.82, 2.24) is 0 Å². The van der Waals surface area contributed by atoms with Crippen LogP contribution < -0.4 is 16.0 Å². The van der Waals surface area contributed by atoms with Gasteiger partial charge < -0.3 is 16.0 Å². The second kappa shape index (κ2) is 9.01. The van der Waals surface area contributed by atoms with Gasteiger partial charge in [0.05, 0.1) is 0 Å². The summed E-state index contributed by atoms with van der Waals surface area (Å²) in [6.07, 6.45) is 3.23. The van der Waals surface area contributed by atoms with E-state index in [1.165, 1.54) is 6.08 Å². The van der Waals surface area contributed by atoms with Crippen molar-refractivity contribution in [3.63, 3.8) is 0 Å². The minimum absolute atomic E-state index is 0.221. The van der Waals surface area contributed by atoms with Gasteiger partial charge in [0, 0.05) is 23.1 Å². The minimum atomic E-state index is -0.330. The van der Waals surface area contributed by atoms with E-state index in [1.54, 1.807) is 42.5 Å². The van der Waals surface area contributed by atoms with Crippen molar-refractivity contribution < 1.29 is 9.59 Å². The number of benzene rings is 3. The Kier molecular flexibility index (Phi) is 5.99. The van der Waals surface area contributed by atoms with Crippen LogP contribution >= 0.6 is 0 Å². The fraction of sp³-hybridized carbons (Fsp3) is 0. The van der Waals surface area contributed by atoms with Crippen molar-refractivity contribution in [3.8, 4) is 0 Å². The molecule has 0 bridgehead atoms. The topological polar surface area (TPSA) is 70.2 Å². The van der Waals surface area contributed by atoms with E-state index in [9.17, 15) is 9.59 Å². The molecule has 3 rings (SSSR count). The lowest BCUT2D eigenvalue weighted by molar-refractivity contribution is -0.111. The number of carbonyl (C=O) groups excluding carboxylic acids is 2. The Bertz CT molecular complexity index is 921. The fourth-order valence-corrected chi connectivity index (χ4v) is 2.37. The normalized spacial score (nSPS) is 10.4. The van der Waals surface area contributed by atoms with E-state index in [0.29, 0.717) is 17.1 Å². The van der Waals surface area contributed by atoms with E-state index in [0.717, 1.165) is 5.56 Å². The summed E-state index contributed by atoms with van der Waals surface area (Å²) >= 11 is 0. The molecule has 3 aromatic carbocycles. The summed E-state index contributed by atoms with van der Waals surface area (Å²) in [6, 6.07) is 25.4. The predicted molar refractivity (Wildman–Crippen MR) is 110 cm³/mol. The zero-order valence-corrected chi connectivity index (χ0v) is 14.6. The quantitative estimate of drug-likeness (QED) is 0.564. The highest BCUT2D eigenvalue weighted by Crippen LogP contribution is 2.14. The molecule has 0 heterocycles. The lowest BCUT2D eigenvalue weighted by Gasteiger charge is -2.08. The van der Waals surface area contributed by atoms with Crippen molar-refractivity contribution in [1.29, 1.82) is 0 Å². The Morgan fingerprint density at radius 2 is 1.07 bits per heavy atom. The first-order valence-corrected chi connectivity index (χ1v) is 8.46. The van der Waals surface area contributed by atoms with Gasteiger partial charge in [0.2, 0.25) is 5.91 Å². The Hall–Kier alpha value is -3.86. The van der Waals surface area contributed by atoms with Crippen LogP contribution in [-0.4, -0.2) is 11.9 Å². The lowest BCUT2D eigenvalue weighted by Crippen LogP contribution is -2.19. The summed E-state index contributed by atoms with van der Waals surface area (Å²) in [4.78, 5) is 23.9. The zero-order valence-electron chi connectivity index (χ0n) is 14.6. The third-order valence-corrected chi connectivity index (χ3v) is 3.67. The molecule has 3 N–H and O–H groups in total. The number of rotatable bonds is 5. The first-order valence-electron chi connectivity index (χ1n) is 8.46. The summed E-state index contributed by atoms with van der Waals surface area (Å²) in [6.45, 7) is 0. The molecule has 0 aliphatic heterocycles. The maximum Gasteiger partial charge on any atom is 0.323 e. The SMILES string of the molecule is O=C(/C=C/c1ccccc1)Nc1ccc(NC(=O)Nc2ccccc2)cc1. The number of carbonyl (C=O) groups is 2. The molecular weight excluding hydrogens is 338 g/mol. The molecule has 0 fully saturated rings. The van der Waals surface area contributed by atoms with Gasteiger partial charge in [0.25, 0.3) is 0 Å². The monoisotopic (exact) mass is 357 g/mol. The van der Waals surface area contributed by atoms with E-state index < -0.39 is 0 Å². The zero-order chi connectivity index (χ0) is 18.9. The van der Waals surface area contributed by atoms with Gasteiger partial charge >= 0.3 is 6.03 Å². The Labute approximate surface area is 157 Å². The van der Waals surface area contributed by atoms with Crippen molar-refractivity contribution >= 4 is 35.1 Å². The van der Waals surface area contributed by atoms with Crippen LogP contribution in [-0.2, 0) is 4.79 Å². The molecule has 0 aliphatic rings. The predicted octanol–water partition coefficient (Wildman–Crippen LogP) is 4.98. The second-order valence-corrected chi connectivity index (χ2v) is 5.76. The average molecular weight is 357 g/mol. The maximum absolute atomic E-state index is 12.0. The summed E-state index contributed by atoms with van der Waals surface area (Å²) in [7, 11) is 0. The molecule has 0 spiro atoms. The molecule has 0 saturated heterocycles. The number of amides is 3. The first-order chi connectivity index (χ1) is 13.2. The van der Waals surface area contributed by atoms with Crippen molar-refractivity contribution in [2.24, 2.45) is 0 Å². The molecule has 0 atom stereocenters. The van der Waals surface area contributed by atoms with E-state index in [4.69, 9.17) is 0 Å².